The summed E-state index contributed by atoms with van der Waals surface area (Å²) in [6.45, 7) is 2.31. The third-order valence-electron chi connectivity index (χ3n) is 2.97. The number of hydrogen-bond donors (Lipinski definition) is 2. The number of nitrogens with zero attached hydrogens (tertiary/aromatic N) is 3. The molecule has 0 unspecified atom stereocenters. The summed E-state index contributed by atoms with van der Waals surface area (Å²) in [5.41, 5.74) is 7.39. The average Bonchev–Trinajstić information content (AvgIpc) is 3.07. The summed E-state index contributed by atoms with van der Waals surface area (Å²) < 4.78 is 4.86. The zero-order chi connectivity index (χ0) is 14.8. The Morgan fingerprint density at radius 3 is 3.10 bits per heavy atom. The maximum absolute atomic E-state index is 12.2. The normalized spacial score (nSPS) is 10.9. The predicted octanol–water partition coefficient (Wildman–Crippen LogP) is 1.54. The molecule has 3 heterocycles. The number of nitrogens with two attached hydrogens (primary N) is 1. The van der Waals surface area contributed by atoms with Crippen molar-refractivity contribution in [2.45, 2.75) is 13.3 Å². The van der Waals surface area contributed by atoms with E-state index >= 15 is 0 Å². The van der Waals surface area contributed by atoms with Crippen LogP contribution in [0.25, 0.3) is 10.2 Å². The highest BCUT2D eigenvalue weighted by molar-refractivity contribution is 7.21. The van der Waals surface area contributed by atoms with Gasteiger partial charge in [0, 0.05) is 24.0 Å². The smallest absolute Gasteiger partial charge is 0.263 e. The number of hydrogen-bond acceptors (Lipinski definition) is 7. The Labute approximate surface area is 124 Å². The number of aromatic nitrogens is 3. The van der Waals surface area contributed by atoms with Crippen LogP contribution >= 0.6 is 11.3 Å². The number of nitrogens with one attached hydrogen (secondary N) is 1. The monoisotopic (exact) mass is 303 g/mol. The van der Waals surface area contributed by atoms with Crippen molar-refractivity contribution in [3.63, 3.8) is 0 Å². The molecule has 0 aromatic carbocycles. The minimum atomic E-state index is -0.215. The van der Waals surface area contributed by atoms with Gasteiger partial charge in [0.15, 0.2) is 6.33 Å². The molecule has 0 atom stereocenters. The van der Waals surface area contributed by atoms with Gasteiger partial charge in [0.25, 0.3) is 5.91 Å². The molecule has 0 saturated heterocycles. The van der Waals surface area contributed by atoms with Crippen molar-refractivity contribution in [2.24, 2.45) is 0 Å². The van der Waals surface area contributed by atoms with Crippen LogP contribution in [0.3, 0.4) is 0 Å². The van der Waals surface area contributed by atoms with Gasteiger partial charge in [0.05, 0.1) is 5.69 Å². The molecule has 1 amide bonds. The highest BCUT2D eigenvalue weighted by atomic mass is 32.1. The summed E-state index contributed by atoms with van der Waals surface area (Å²) in [6, 6.07) is 3.77. The van der Waals surface area contributed by atoms with Crippen molar-refractivity contribution in [3.8, 4) is 0 Å². The Hall–Kier alpha value is -2.48. The molecule has 21 heavy (non-hydrogen) atoms. The molecule has 0 saturated carbocycles. The molecule has 7 nitrogen and oxygen atoms in total. The van der Waals surface area contributed by atoms with E-state index in [0.717, 1.165) is 15.9 Å². The van der Waals surface area contributed by atoms with E-state index in [4.69, 9.17) is 10.3 Å². The van der Waals surface area contributed by atoms with Gasteiger partial charge < -0.3 is 15.6 Å². The molecule has 0 aliphatic rings. The summed E-state index contributed by atoms with van der Waals surface area (Å²) in [7, 11) is 0. The number of amides is 1. The lowest BCUT2D eigenvalue weighted by molar-refractivity contribution is 0.0958. The third kappa shape index (κ3) is 2.70. The molecule has 3 aromatic rings. The van der Waals surface area contributed by atoms with Gasteiger partial charge in [-0.1, -0.05) is 5.16 Å². The van der Waals surface area contributed by atoms with E-state index in [-0.39, 0.29) is 5.91 Å². The minimum absolute atomic E-state index is 0.215. The number of rotatable bonds is 4. The highest BCUT2D eigenvalue weighted by Gasteiger charge is 2.17. The lowest BCUT2D eigenvalue weighted by atomic mass is 10.2. The molecule has 3 N–H and O–H groups in total. The molecule has 3 aromatic heterocycles. The third-order valence-corrected chi connectivity index (χ3v) is 4.08. The molecule has 108 valence electrons. The van der Waals surface area contributed by atoms with Gasteiger partial charge in [-0.3, -0.25) is 4.79 Å². The number of nitrogen functional groups attached to an aromatic ring is 1. The second kappa shape index (κ2) is 5.49. The summed E-state index contributed by atoms with van der Waals surface area (Å²) in [5.74, 6) is 0.268. The molecule has 0 aliphatic heterocycles. The summed E-state index contributed by atoms with van der Waals surface area (Å²) >= 11 is 1.29. The molecular weight excluding hydrogens is 290 g/mol. The number of thiophene rings is 1. The van der Waals surface area contributed by atoms with Crippen molar-refractivity contribution >= 4 is 33.1 Å². The van der Waals surface area contributed by atoms with Crippen molar-refractivity contribution in [2.75, 3.05) is 12.3 Å². The van der Waals surface area contributed by atoms with Crippen LogP contribution in [-0.4, -0.2) is 27.6 Å². The first kappa shape index (κ1) is 13.5. The second-order valence-corrected chi connectivity index (χ2v) is 5.49. The van der Waals surface area contributed by atoms with Gasteiger partial charge in [-0.25, -0.2) is 4.98 Å². The van der Waals surface area contributed by atoms with E-state index < -0.39 is 0 Å². The largest absolute Gasteiger partial charge is 0.397 e. The van der Waals surface area contributed by atoms with Crippen LogP contribution in [0.4, 0.5) is 5.69 Å². The van der Waals surface area contributed by atoms with Gasteiger partial charge in [0.2, 0.25) is 5.89 Å². The summed E-state index contributed by atoms with van der Waals surface area (Å²) in [4.78, 5) is 21.7. The maximum atomic E-state index is 12.2. The van der Waals surface area contributed by atoms with Crippen LogP contribution in [0.5, 0.6) is 0 Å². The van der Waals surface area contributed by atoms with Crippen molar-refractivity contribution < 1.29 is 9.32 Å². The first-order valence-corrected chi connectivity index (χ1v) is 7.16. The van der Waals surface area contributed by atoms with E-state index in [1.54, 1.807) is 0 Å². The lowest BCUT2D eigenvalue weighted by Gasteiger charge is -2.02. The molecule has 0 spiro atoms. The fourth-order valence-electron chi connectivity index (χ4n) is 1.93. The molecule has 0 aliphatic carbocycles. The topological polar surface area (TPSA) is 107 Å². The van der Waals surface area contributed by atoms with Gasteiger partial charge >= 0.3 is 0 Å². The average molecular weight is 303 g/mol. The molecular formula is C13H13N5O2S. The zero-order valence-electron chi connectivity index (χ0n) is 11.3. The first-order valence-electron chi connectivity index (χ1n) is 6.34. The van der Waals surface area contributed by atoms with Crippen LogP contribution in [0.1, 0.15) is 21.3 Å². The van der Waals surface area contributed by atoms with Gasteiger partial charge in [-0.15, -0.1) is 11.3 Å². The lowest BCUT2D eigenvalue weighted by Crippen LogP contribution is -2.25. The van der Waals surface area contributed by atoms with E-state index in [1.807, 2.05) is 19.1 Å². The fourth-order valence-corrected chi connectivity index (χ4v) is 2.98. The number of carbonyl (C=O) groups is 1. The summed E-state index contributed by atoms with van der Waals surface area (Å²) in [6.07, 6.45) is 1.81. The van der Waals surface area contributed by atoms with Crippen LogP contribution in [0.15, 0.2) is 23.0 Å². The molecule has 0 fully saturated rings. The van der Waals surface area contributed by atoms with E-state index in [2.05, 4.69) is 20.4 Å². The number of pyridine rings is 1. The van der Waals surface area contributed by atoms with Crippen LogP contribution < -0.4 is 11.1 Å². The van der Waals surface area contributed by atoms with Gasteiger partial charge in [-0.05, 0) is 19.1 Å². The minimum Gasteiger partial charge on any atom is -0.397 e. The molecule has 8 heteroatoms. The Balaban J connectivity index is 1.73. The predicted molar refractivity (Wildman–Crippen MR) is 79.1 cm³/mol. The van der Waals surface area contributed by atoms with Crippen LogP contribution in [-0.2, 0) is 6.42 Å². The van der Waals surface area contributed by atoms with E-state index in [0.29, 0.717) is 29.4 Å². The van der Waals surface area contributed by atoms with Gasteiger partial charge in [-0.2, -0.15) is 4.98 Å². The number of fused-ring (bicyclic) bond motifs is 1. The quantitative estimate of drug-likeness (QED) is 0.757. The SMILES string of the molecule is Cc1ccc2c(N)c(C(=O)NCCc3ncno3)sc2n1. The van der Waals surface area contributed by atoms with Crippen LogP contribution in [0.2, 0.25) is 0 Å². The number of carbonyl (C=O) groups excluding carboxylic acids is 1. The Morgan fingerprint density at radius 1 is 1.48 bits per heavy atom. The van der Waals surface area contributed by atoms with E-state index in [1.165, 1.54) is 17.7 Å². The Kier molecular flexibility index (Phi) is 3.53. The Morgan fingerprint density at radius 2 is 2.33 bits per heavy atom. The Bertz CT molecular complexity index is 781. The van der Waals surface area contributed by atoms with Crippen molar-refractivity contribution in [1.29, 1.82) is 0 Å². The maximum Gasteiger partial charge on any atom is 0.263 e. The van der Waals surface area contributed by atoms with Crippen molar-refractivity contribution in [1.82, 2.24) is 20.4 Å². The molecule has 0 radical (unpaired) electrons. The fraction of sp³-hybridized carbons (Fsp3) is 0.231. The van der Waals surface area contributed by atoms with Crippen molar-refractivity contribution in [3.05, 3.63) is 34.9 Å². The number of anilines is 1. The summed E-state index contributed by atoms with van der Waals surface area (Å²) in [5, 5.41) is 7.11. The number of aryl methyl sites for hydroxylation is 1. The molecule has 3 rings (SSSR count). The first-order chi connectivity index (χ1) is 10.1. The highest BCUT2D eigenvalue weighted by Crippen LogP contribution is 2.32. The van der Waals surface area contributed by atoms with E-state index in [9.17, 15) is 4.79 Å². The second-order valence-electron chi connectivity index (χ2n) is 4.49. The zero-order valence-corrected chi connectivity index (χ0v) is 12.1. The molecule has 0 bridgehead atoms. The van der Waals surface area contributed by atoms with Crippen LogP contribution in [0, 0.1) is 6.92 Å². The van der Waals surface area contributed by atoms with Gasteiger partial charge in [0.1, 0.15) is 9.71 Å². The standard InChI is InChI=1S/C13H13N5O2S/c1-7-2-3-8-10(14)11(21-13(8)18-7)12(19)15-5-4-9-16-6-17-20-9/h2-3,6H,4-5,14H2,1H3,(H,15,19).